The van der Waals surface area contributed by atoms with Crippen molar-refractivity contribution >= 4 is 17.7 Å². The molecule has 2 aliphatic heterocycles. The number of nitrogens with zero attached hydrogens (tertiary/aromatic N) is 2. The minimum atomic E-state index is -0.155. The maximum absolute atomic E-state index is 12.5. The third kappa shape index (κ3) is 6.97. The Kier molecular flexibility index (Phi) is 8.93. The van der Waals surface area contributed by atoms with Gasteiger partial charge < -0.3 is 15.4 Å². The van der Waals surface area contributed by atoms with Crippen LogP contribution in [0.5, 0.6) is 0 Å². The summed E-state index contributed by atoms with van der Waals surface area (Å²) in [4.78, 5) is 31.1. The number of carbonyl (C=O) groups is 2. The SMILES string of the molecule is CCCCOC(=O)CN1CCC(C(=O)NCCCc2ccc3c(n2)NCCC3)CC1. The van der Waals surface area contributed by atoms with Crippen molar-refractivity contribution < 1.29 is 14.3 Å². The Balaban J connectivity index is 1.29. The third-order valence-electron chi connectivity index (χ3n) is 5.93. The highest BCUT2D eigenvalue weighted by Crippen LogP contribution is 2.20. The van der Waals surface area contributed by atoms with Gasteiger partial charge in [0.25, 0.3) is 0 Å². The van der Waals surface area contributed by atoms with Crippen molar-refractivity contribution in [2.75, 3.05) is 44.6 Å². The molecule has 0 bridgehead atoms. The van der Waals surface area contributed by atoms with E-state index in [1.807, 2.05) is 0 Å². The summed E-state index contributed by atoms with van der Waals surface area (Å²) in [5.74, 6) is 1.06. The molecule has 1 aromatic rings. The Morgan fingerprint density at radius 1 is 1.27 bits per heavy atom. The summed E-state index contributed by atoms with van der Waals surface area (Å²) in [5, 5.41) is 6.45. The number of likely N-dealkylation sites (tertiary alicyclic amines) is 1. The lowest BCUT2D eigenvalue weighted by Gasteiger charge is -2.30. The summed E-state index contributed by atoms with van der Waals surface area (Å²) in [6, 6.07) is 4.28. The number of nitrogens with one attached hydrogen (secondary N) is 2. The highest BCUT2D eigenvalue weighted by Gasteiger charge is 2.25. The van der Waals surface area contributed by atoms with Gasteiger partial charge in [0.15, 0.2) is 0 Å². The second kappa shape index (κ2) is 11.9. The van der Waals surface area contributed by atoms with Crippen molar-refractivity contribution in [2.45, 2.75) is 58.3 Å². The van der Waals surface area contributed by atoms with Crippen molar-refractivity contribution in [1.29, 1.82) is 0 Å². The normalized spacial score (nSPS) is 17.1. The standard InChI is InChI=1S/C23H36N4O3/c1-2-3-16-30-21(28)17-27-14-10-19(11-15-27)23(29)25-13-5-7-20-9-8-18-6-4-12-24-22(18)26-20/h8-9,19H,2-7,10-17H2,1H3,(H,24,26)(H,25,29). The molecule has 7 heteroatoms. The van der Waals surface area contributed by atoms with Crippen LogP contribution in [0.1, 0.15) is 56.7 Å². The van der Waals surface area contributed by atoms with Crippen LogP contribution in [0.4, 0.5) is 5.82 Å². The molecule has 3 heterocycles. The highest BCUT2D eigenvalue weighted by atomic mass is 16.5. The molecule has 3 rings (SSSR count). The van der Waals surface area contributed by atoms with Gasteiger partial charge in [0, 0.05) is 24.7 Å². The average Bonchev–Trinajstić information content (AvgIpc) is 2.77. The molecular weight excluding hydrogens is 380 g/mol. The average molecular weight is 417 g/mol. The van der Waals surface area contributed by atoms with Gasteiger partial charge in [0.05, 0.1) is 13.2 Å². The highest BCUT2D eigenvalue weighted by molar-refractivity contribution is 5.78. The van der Waals surface area contributed by atoms with E-state index in [-0.39, 0.29) is 17.8 Å². The number of pyridine rings is 1. The number of carbonyl (C=O) groups excluding carboxylic acids is 2. The van der Waals surface area contributed by atoms with Crippen molar-refractivity contribution in [3.8, 4) is 0 Å². The monoisotopic (exact) mass is 416 g/mol. The molecule has 0 spiro atoms. The van der Waals surface area contributed by atoms with Crippen LogP contribution in [0.25, 0.3) is 0 Å². The van der Waals surface area contributed by atoms with E-state index in [1.165, 1.54) is 12.0 Å². The molecule has 166 valence electrons. The van der Waals surface area contributed by atoms with Crippen LogP contribution in [-0.2, 0) is 27.2 Å². The van der Waals surface area contributed by atoms with Gasteiger partial charge in [-0.3, -0.25) is 14.5 Å². The van der Waals surface area contributed by atoms with Crippen LogP contribution in [0.15, 0.2) is 12.1 Å². The van der Waals surface area contributed by atoms with Gasteiger partial charge in [0.1, 0.15) is 5.82 Å². The van der Waals surface area contributed by atoms with E-state index in [0.717, 1.165) is 76.1 Å². The van der Waals surface area contributed by atoms with E-state index in [4.69, 9.17) is 9.72 Å². The van der Waals surface area contributed by atoms with Crippen LogP contribution in [0, 0.1) is 5.92 Å². The first-order valence-corrected chi connectivity index (χ1v) is 11.5. The van der Waals surface area contributed by atoms with Gasteiger partial charge in [-0.15, -0.1) is 0 Å². The fourth-order valence-electron chi connectivity index (χ4n) is 4.05. The molecule has 0 radical (unpaired) electrons. The first kappa shape index (κ1) is 22.5. The van der Waals surface area contributed by atoms with E-state index < -0.39 is 0 Å². The summed E-state index contributed by atoms with van der Waals surface area (Å²) in [6.45, 7) is 6.13. The number of aromatic nitrogens is 1. The van der Waals surface area contributed by atoms with E-state index in [2.05, 4.69) is 34.6 Å². The fraction of sp³-hybridized carbons (Fsp3) is 0.696. The number of unbranched alkanes of at least 4 members (excludes halogenated alkanes) is 1. The molecule has 1 saturated heterocycles. The van der Waals surface area contributed by atoms with Gasteiger partial charge in [0.2, 0.25) is 5.91 Å². The van der Waals surface area contributed by atoms with Crippen LogP contribution >= 0.6 is 0 Å². The van der Waals surface area contributed by atoms with Crippen molar-refractivity contribution in [1.82, 2.24) is 15.2 Å². The van der Waals surface area contributed by atoms with Crippen LogP contribution in [0.3, 0.4) is 0 Å². The molecule has 7 nitrogen and oxygen atoms in total. The molecule has 0 saturated carbocycles. The Morgan fingerprint density at radius 2 is 2.10 bits per heavy atom. The van der Waals surface area contributed by atoms with E-state index >= 15 is 0 Å². The summed E-state index contributed by atoms with van der Waals surface area (Å²) >= 11 is 0. The lowest BCUT2D eigenvalue weighted by atomic mass is 9.96. The molecule has 2 aliphatic rings. The smallest absolute Gasteiger partial charge is 0.320 e. The van der Waals surface area contributed by atoms with Gasteiger partial charge >= 0.3 is 5.97 Å². The number of esters is 1. The zero-order valence-electron chi connectivity index (χ0n) is 18.3. The number of hydrogen-bond acceptors (Lipinski definition) is 6. The number of aryl methyl sites for hydroxylation is 2. The zero-order valence-corrected chi connectivity index (χ0v) is 18.3. The number of anilines is 1. The summed E-state index contributed by atoms with van der Waals surface area (Å²) in [5.41, 5.74) is 2.38. The number of piperidine rings is 1. The summed E-state index contributed by atoms with van der Waals surface area (Å²) in [6.07, 6.45) is 7.56. The van der Waals surface area contributed by atoms with Crippen molar-refractivity contribution in [3.05, 3.63) is 23.4 Å². The number of fused-ring (bicyclic) bond motifs is 1. The fourth-order valence-corrected chi connectivity index (χ4v) is 4.05. The maximum Gasteiger partial charge on any atom is 0.320 e. The largest absolute Gasteiger partial charge is 0.465 e. The molecule has 2 N–H and O–H groups in total. The minimum Gasteiger partial charge on any atom is -0.465 e. The second-order valence-corrected chi connectivity index (χ2v) is 8.36. The number of ether oxygens (including phenoxy) is 1. The van der Waals surface area contributed by atoms with E-state index in [1.54, 1.807) is 0 Å². The van der Waals surface area contributed by atoms with Crippen LogP contribution in [-0.4, -0.2) is 61.1 Å². The Labute approximate surface area is 180 Å². The molecule has 0 aromatic carbocycles. The van der Waals surface area contributed by atoms with E-state index in [9.17, 15) is 9.59 Å². The summed E-state index contributed by atoms with van der Waals surface area (Å²) in [7, 11) is 0. The molecule has 1 aromatic heterocycles. The van der Waals surface area contributed by atoms with E-state index in [0.29, 0.717) is 19.7 Å². The number of rotatable bonds is 10. The lowest BCUT2D eigenvalue weighted by Crippen LogP contribution is -2.42. The van der Waals surface area contributed by atoms with Crippen molar-refractivity contribution in [2.24, 2.45) is 5.92 Å². The Morgan fingerprint density at radius 3 is 2.90 bits per heavy atom. The second-order valence-electron chi connectivity index (χ2n) is 8.36. The zero-order chi connectivity index (χ0) is 21.2. The molecule has 1 amide bonds. The van der Waals surface area contributed by atoms with Crippen molar-refractivity contribution in [3.63, 3.8) is 0 Å². The quantitative estimate of drug-likeness (QED) is 0.451. The predicted octanol–water partition coefficient (Wildman–Crippen LogP) is 2.54. The summed E-state index contributed by atoms with van der Waals surface area (Å²) < 4.78 is 5.22. The lowest BCUT2D eigenvalue weighted by molar-refractivity contribution is -0.145. The Hall–Kier alpha value is -2.15. The van der Waals surface area contributed by atoms with Gasteiger partial charge in [-0.1, -0.05) is 19.4 Å². The first-order chi connectivity index (χ1) is 14.7. The minimum absolute atomic E-state index is 0.0448. The molecule has 0 aliphatic carbocycles. The number of amides is 1. The molecular formula is C23H36N4O3. The third-order valence-corrected chi connectivity index (χ3v) is 5.93. The molecule has 30 heavy (non-hydrogen) atoms. The van der Waals surface area contributed by atoms with Gasteiger partial charge in [-0.05, 0) is 69.7 Å². The molecule has 0 unspecified atom stereocenters. The Bertz CT molecular complexity index is 702. The molecule has 0 atom stereocenters. The van der Waals surface area contributed by atoms with Gasteiger partial charge in [-0.2, -0.15) is 0 Å². The van der Waals surface area contributed by atoms with Crippen LogP contribution < -0.4 is 10.6 Å². The maximum atomic E-state index is 12.5. The van der Waals surface area contributed by atoms with Gasteiger partial charge in [-0.25, -0.2) is 4.98 Å². The molecule has 1 fully saturated rings. The first-order valence-electron chi connectivity index (χ1n) is 11.5. The topological polar surface area (TPSA) is 83.6 Å². The number of hydrogen-bond donors (Lipinski definition) is 2. The predicted molar refractivity (Wildman–Crippen MR) is 117 cm³/mol. The van der Waals surface area contributed by atoms with Crippen LogP contribution in [0.2, 0.25) is 0 Å².